The Morgan fingerprint density at radius 2 is 2.38 bits per heavy atom. The average molecular weight is 245 g/mol. The second kappa shape index (κ2) is 5.35. The van der Waals surface area contributed by atoms with Crippen molar-refractivity contribution in [3.05, 3.63) is 0 Å². The first kappa shape index (κ1) is 12.3. The molecule has 0 aliphatic heterocycles. The van der Waals surface area contributed by atoms with E-state index in [0.717, 1.165) is 11.8 Å². The largest absolute Gasteiger partial charge is 0.480 e. The summed E-state index contributed by atoms with van der Waals surface area (Å²) in [7, 11) is 0. The highest BCUT2D eigenvalue weighted by molar-refractivity contribution is 7.99. The predicted octanol–water partition coefficient (Wildman–Crippen LogP) is -0.932. The summed E-state index contributed by atoms with van der Waals surface area (Å²) < 4.78 is 0. The highest BCUT2D eigenvalue weighted by Gasteiger charge is 2.19. The fourth-order valence-corrected chi connectivity index (χ4v) is 1.72. The van der Waals surface area contributed by atoms with Gasteiger partial charge in [-0.3, -0.25) is 4.79 Å². The van der Waals surface area contributed by atoms with Gasteiger partial charge >= 0.3 is 5.97 Å². The third-order valence-corrected chi connectivity index (χ3v) is 2.48. The van der Waals surface area contributed by atoms with E-state index < -0.39 is 17.9 Å². The van der Waals surface area contributed by atoms with Crippen molar-refractivity contribution >= 4 is 29.6 Å². The molecule has 1 aromatic heterocycles. The average Bonchev–Trinajstić information content (AvgIpc) is 2.58. The number of amides is 1. The molecule has 1 amide bonds. The lowest BCUT2D eigenvalue weighted by atomic mass is 10.3. The number of nitrogens with one attached hydrogen (secondary N) is 2. The van der Waals surface area contributed by atoms with Gasteiger partial charge in [0.15, 0.2) is 0 Å². The van der Waals surface area contributed by atoms with Gasteiger partial charge in [0.1, 0.15) is 6.04 Å². The van der Waals surface area contributed by atoms with E-state index in [1.807, 2.05) is 0 Å². The van der Waals surface area contributed by atoms with Crippen LogP contribution in [0.5, 0.6) is 0 Å². The summed E-state index contributed by atoms with van der Waals surface area (Å²) in [5, 5.41) is 17.6. The zero-order valence-electron chi connectivity index (χ0n) is 8.43. The number of hydrogen-bond acceptors (Lipinski definition) is 6. The number of carbonyl (C=O) groups excluding carboxylic acids is 1. The standard InChI is InChI=1S/C7H11N5O3S/c1-3(13)9-4(5(14)15)2-16-7-10-6(8)11-12-7/h4H,2H2,1H3,(H,9,13)(H,14,15)(H3,8,10,11,12). The first-order valence-electron chi connectivity index (χ1n) is 4.29. The van der Waals surface area contributed by atoms with Crippen molar-refractivity contribution in [2.24, 2.45) is 0 Å². The van der Waals surface area contributed by atoms with Crippen LogP contribution in [0.2, 0.25) is 0 Å². The van der Waals surface area contributed by atoms with Crippen molar-refractivity contribution in [2.45, 2.75) is 18.1 Å². The molecular formula is C7H11N5O3S. The normalized spacial score (nSPS) is 12.1. The molecule has 1 heterocycles. The Kier molecular flexibility index (Phi) is 4.11. The first-order valence-corrected chi connectivity index (χ1v) is 5.28. The van der Waals surface area contributed by atoms with Crippen LogP contribution < -0.4 is 11.1 Å². The van der Waals surface area contributed by atoms with Gasteiger partial charge in [-0.25, -0.2) is 9.89 Å². The summed E-state index contributed by atoms with van der Waals surface area (Å²) in [5.41, 5.74) is 5.30. The first-order chi connectivity index (χ1) is 7.49. The quantitative estimate of drug-likeness (QED) is 0.492. The Labute approximate surface area is 95.0 Å². The Bertz CT molecular complexity index is 393. The van der Waals surface area contributed by atoms with Crippen LogP contribution in [0.25, 0.3) is 0 Å². The van der Waals surface area contributed by atoms with Crippen LogP contribution in [0.3, 0.4) is 0 Å². The molecule has 0 saturated heterocycles. The minimum absolute atomic E-state index is 0.131. The molecule has 0 aliphatic carbocycles. The molecule has 5 N–H and O–H groups in total. The maximum Gasteiger partial charge on any atom is 0.327 e. The molecule has 0 bridgehead atoms. The number of carboxylic acids is 1. The molecular weight excluding hydrogens is 234 g/mol. The van der Waals surface area contributed by atoms with E-state index >= 15 is 0 Å². The van der Waals surface area contributed by atoms with Crippen molar-refractivity contribution in [1.82, 2.24) is 20.5 Å². The van der Waals surface area contributed by atoms with Gasteiger partial charge in [-0.2, -0.15) is 4.98 Å². The number of rotatable bonds is 5. The molecule has 0 saturated carbocycles. The third kappa shape index (κ3) is 3.77. The third-order valence-electron chi connectivity index (χ3n) is 1.54. The summed E-state index contributed by atoms with van der Waals surface area (Å²) >= 11 is 1.09. The van der Waals surface area contributed by atoms with E-state index in [2.05, 4.69) is 20.5 Å². The summed E-state index contributed by atoms with van der Waals surface area (Å²) in [6, 6.07) is -0.970. The van der Waals surface area contributed by atoms with E-state index in [0.29, 0.717) is 5.16 Å². The van der Waals surface area contributed by atoms with Crippen LogP contribution in [-0.4, -0.2) is 44.0 Å². The second-order valence-electron chi connectivity index (χ2n) is 2.91. The van der Waals surface area contributed by atoms with Gasteiger partial charge in [0.2, 0.25) is 17.0 Å². The Morgan fingerprint density at radius 3 is 2.81 bits per heavy atom. The van der Waals surface area contributed by atoms with E-state index in [-0.39, 0.29) is 11.7 Å². The van der Waals surface area contributed by atoms with Crippen molar-refractivity contribution in [1.29, 1.82) is 0 Å². The molecule has 88 valence electrons. The zero-order chi connectivity index (χ0) is 12.1. The minimum atomic E-state index is -1.11. The number of nitrogens with zero attached hydrogens (tertiary/aromatic N) is 2. The maximum absolute atomic E-state index is 10.8. The van der Waals surface area contributed by atoms with Gasteiger partial charge < -0.3 is 16.2 Å². The fraction of sp³-hybridized carbons (Fsp3) is 0.429. The number of carboxylic acid groups (broad SMARTS) is 1. The zero-order valence-corrected chi connectivity index (χ0v) is 9.24. The minimum Gasteiger partial charge on any atom is -0.480 e. The topological polar surface area (TPSA) is 134 Å². The lowest BCUT2D eigenvalue weighted by Gasteiger charge is -2.10. The Hall–Kier alpha value is -1.77. The van der Waals surface area contributed by atoms with Crippen LogP contribution in [0.4, 0.5) is 5.95 Å². The van der Waals surface area contributed by atoms with E-state index in [1.54, 1.807) is 0 Å². The van der Waals surface area contributed by atoms with Crippen molar-refractivity contribution in [2.75, 3.05) is 11.5 Å². The van der Waals surface area contributed by atoms with Gasteiger partial charge in [0, 0.05) is 12.7 Å². The molecule has 1 rings (SSSR count). The Morgan fingerprint density at radius 1 is 1.69 bits per heavy atom. The van der Waals surface area contributed by atoms with Gasteiger partial charge in [0.05, 0.1) is 0 Å². The summed E-state index contributed by atoms with van der Waals surface area (Å²) in [6.45, 7) is 1.26. The second-order valence-corrected chi connectivity index (χ2v) is 3.89. The summed E-state index contributed by atoms with van der Waals surface area (Å²) in [6.07, 6.45) is 0. The maximum atomic E-state index is 10.8. The number of anilines is 1. The highest BCUT2D eigenvalue weighted by atomic mass is 32.2. The number of nitrogens with two attached hydrogens (primary N) is 1. The van der Waals surface area contributed by atoms with Crippen LogP contribution in [0, 0.1) is 0 Å². The highest BCUT2D eigenvalue weighted by Crippen LogP contribution is 2.14. The van der Waals surface area contributed by atoms with Gasteiger partial charge in [-0.05, 0) is 0 Å². The van der Waals surface area contributed by atoms with E-state index in [9.17, 15) is 9.59 Å². The van der Waals surface area contributed by atoms with Gasteiger partial charge in [-0.15, -0.1) is 5.10 Å². The number of carbonyl (C=O) groups is 2. The van der Waals surface area contributed by atoms with E-state index in [1.165, 1.54) is 6.92 Å². The number of H-pyrrole nitrogens is 1. The molecule has 1 aromatic rings. The SMILES string of the molecule is CC(=O)NC(CSc1n[nH]c(N)n1)C(=O)O. The number of thioether (sulfide) groups is 1. The smallest absolute Gasteiger partial charge is 0.327 e. The van der Waals surface area contributed by atoms with Gasteiger partial charge in [0.25, 0.3) is 0 Å². The summed E-state index contributed by atoms with van der Waals surface area (Å²) in [5.74, 6) is -1.21. The molecule has 9 heteroatoms. The molecule has 0 aliphatic rings. The summed E-state index contributed by atoms with van der Waals surface area (Å²) in [4.78, 5) is 25.3. The molecule has 0 aromatic carbocycles. The van der Waals surface area contributed by atoms with Crippen molar-refractivity contribution in [3.63, 3.8) is 0 Å². The van der Waals surface area contributed by atoms with Crippen LogP contribution in [0.15, 0.2) is 5.16 Å². The van der Waals surface area contributed by atoms with Gasteiger partial charge in [-0.1, -0.05) is 11.8 Å². The molecule has 0 fully saturated rings. The van der Waals surface area contributed by atoms with Crippen LogP contribution >= 0.6 is 11.8 Å². The molecule has 0 radical (unpaired) electrons. The predicted molar refractivity (Wildman–Crippen MR) is 56.8 cm³/mol. The molecule has 0 spiro atoms. The lowest BCUT2D eigenvalue weighted by molar-refractivity contribution is -0.140. The van der Waals surface area contributed by atoms with Crippen molar-refractivity contribution < 1.29 is 14.7 Å². The number of aromatic amines is 1. The molecule has 16 heavy (non-hydrogen) atoms. The number of aromatic nitrogens is 3. The van der Waals surface area contributed by atoms with E-state index in [4.69, 9.17) is 10.8 Å². The molecule has 1 unspecified atom stereocenters. The monoisotopic (exact) mass is 245 g/mol. The Balaban J connectivity index is 2.50. The van der Waals surface area contributed by atoms with Crippen LogP contribution in [0.1, 0.15) is 6.92 Å². The van der Waals surface area contributed by atoms with Crippen molar-refractivity contribution in [3.8, 4) is 0 Å². The molecule has 8 nitrogen and oxygen atoms in total. The lowest BCUT2D eigenvalue weighted by Crippen LogP contribution is -2.41. The number of nitrogen functional groups attached to an aromatic ring is 1. The number of aliphatic carboxylic acids is 1. The fourth-order valence-electron chi connectivity index (χ4n) is 0.901. The molecule has 1 atom stereocenters. The van der Waals surface area contributed by atoms with Crippen LogP contribution in [-0.2, 0) is 9.59 Å². The number of hydrogen-bond donors (Lipinski definition) is 4.